The zero-order valence-electron chi connectivity index (χ0n) is 14.6. The molecule has 0 aliphatic rings. The van der Waals surface area contributed by atoms with Crippen LogP contribution in [0.2, 0.25) is 0 Å². The monoisotopic (exact) mass is 390 g/mol. The van der Waals surface area contributed by atoms with Gasteiger partial charge < -0.3 is 4.74 Å². The van der Waals surface area contributed by atoms with Gasteiger partial charge in [0.05, 0.1) is 17.0 Å². The number of nitrogens with zero attached hydrogens (tertiary/aromatic N) is 4. The Balaban J connectivity index is 1.79. The number of hydrogen-bond donors (Lipinski definition) is 0. The molecule has 9 heteroatoms. The van der Waals surface area contributed by atoms with Crippen LogP contribution in [0, 0.1) is 13.8 Å². The predicted octanol–water partition coefficient (Wildman–Crippen LogP) is 3.86. The molecule has 0 unspecified atom stereocenters. The summed E-state index contributed by atoms with van der Waals surface area (Å²) in [6, 6.07) is 12.1. The minimum absolute atomic E-state index is 0.0185. The van der Waals surface area contributed by atoms with Crippen LogP contribution in [0.25, 0.3) is 5.69 Å². The highest BCUT2D eigenvalue weighted by atomic mass is 32.2. The molecule has 0 amide bonds. The number of thioether (sulfide) groups is 1. The topological polar surface area (TPSA) is 69.9 Å². The zero-order valence-corrected chi connectivity index (χ0v) is 15.4. The summed E-state index contributed by atoms with van der Waals surface area (Å²) in [5, 5.41) is 12.0. The summed E-state index contributed by atoms with van der Waals surface area (Å²) in [6.07, 6.45) is 0. The summed E-state index contributed by atoms with van der Waals surface area (Å²) in [6.45, 7) is 0.701. The van der Waals surface area contributed by atoms with Crippen LogP contribution in [0.4, 0.5) is 8.78 Å². The molecule has 0 atom stereocenters. The van der Waals surface area contributed by atoms with Crippen molar-refractivity contribution in [3.8, 4) is 11.4 Å². The van der Waals surface area contributed by atoms with E-state index < -0.39 is 6.61 Å². The van der Waals surface area contributed by atoms with Gasteiger partial charge in [0.25, 0.3) is 0 Å². The fraction of sp³-hybridized carbons (Fsp3) is 0.222. The normalized spacial score (nSPS) is 11.0. The van der Waals surface area contributed by atoms with E-state index in [4.69, 9.17) is 0 Å². The van der Waals surface area contributed by atoms with Gasteiger partial charge in [-0.05, 0) is 48.0 Å². The quantitative estimate of drug-likeness (QED) is 0.451. The lowest BCUT2D eigenvalue weighted by Crippen LogP contribution is -2.10. The number of aryl methyl sites for hydroxylation is 2. The first-order chi connectivity index (χ1) is 13.0. The van der Waals surface area contributed by atoms with Crippen molar-refractivity contribution in [3.63, 3.8) is 0 Å². The van der Waals surface area contributed by atoms with Crippen molar-refractivity contribution in [1.82, 2.24) is 20.2 Å². The lowest BCUT2D eigenvalue weighted by molar-refractivity contribution is -0.0501. The number of rotatable bonds is 7. The highest BCUT2D eigenvalue weighted by Gasteiger charge is 2.18. The van der Waals surface area contributed by atoms with Gasteiger partial charge in [0.1, 0.15) is 5.75 Å². The number of hydrogen-bond acceptors (Lipinski definition) is 6. The van der Waals surface area contributed by atoms with Crippen LogP contribution in [0.5, 0.6) is 5.75 Å². The van der Waals surface area contributed by atoms with Crippen molar-refractivity contribution >= 4 is 17.5 Å². The lowest BCUT2D eigenvalue weighted by Gasteiger charge is -2.11. The van der Waals surface area contributed by atoms with Gasteiger partial charge in [-0.25, -0.2) is 0 Å². The maximum atomic E-state index is 12.6. The van der Waals surface area contributed by atoms with Crippen LogP contribution >= 0.6 is 11.8 Å². The molecule has 0 saturated carbocycles. The van der Waals surface area contributed by atoms with Crippen LogP contribution in [-0.4, -0.2) is 38.4 Å². The molecule has 3 rings (SSSR count). The van der Waals surface area contributed by atoms with Crippen molar-refractivity contribution < 1.29 is 18.3 Å². The number of para-hydroxylation sites is 1. The summed E-state index contributed by atoms with van der Waals surface area (Å²) in [5.74, 6) is -0.506. The minimum atomic E-state index is -3.00. The Bertz CT molecular complexity index is 962. The molecule has 6 nitrogen and oxygen atoms in total. The number of benzene rings is 2. The van der Waals surface area contributed by atoms with Gasteiger partial charge in [-0.15, -0.1) is 5.10 Å². The molecule has 0 bridgehead atoms. The Morgan fingerprint density at radius 2 is 2.00 bits per heavy atom. The highest BCUT2D eigenvalue weighted by molar-refractivity contribution is 7.99. The second kappa shape index (κ2) is 8.26. The van der Waals surface area contributed by atoms with E-state index in [0.717, 1.165) is 28.6 Å². The first-order valence-electron chi connectivity index (χ1n) is 8.01. The van der Waals surface area contributed by atoms with Crippen molar-refractivity contribution in [2.75, 3.05) is 5.75 Å². The van der Waals surface area contributed by atoms with Crippen molar-refractivity contribution in [2.45, 2.75) is 25.6 Å². The molecule has 3 aromatic rings. The van der Waals surface area contributed by atoms with Crippen LogP contribution in [-0.2, 0) is 0 Å². The third kappa shape index (κ3) is 4.48. The third-order valence-electron chi connectivity index (χ3n) is 3.77. The lowest BCUT2D eigenvalue weighted by atomic mass is 10.1. The van der Waals surface area contributed by atoms with Gasteiger partial charge in [-0.2, -0.15) is 13.5 Å². The third-order valence-corrected chi connectivity index (χ3v) is 4.69. The van der Waals surface area contributed by atoms with Gasteiger partial charge in [0, 0.05) is 0 Å². The second-order valence-corrected chi connectivity index (χ2v) is 6.69. The molecule has 1 heterocycles. The number of alkyl halides is 2. The number of ketones is 1. The molecule has 140 valence electrons. The molecule has 0 radical (unpaired) electrons. The van der Waals surface area contributed by atoms with Crippen molar-refractivity contribution in [2.24, 2.45) is 0 Å². The van der Waals surface area contributed by atoms with E-state index in [1.54, 1.807) is 17.7 Å². The molecular weight excluding hydrogens is 374 g/mol. The molecule has 0 N–H and O–H groups in total. The fourth-order valence-electron chi connectivity index (χ4n) is 2.49. The highest BCUT2D eigenvalue weighted by Crippen LogP contribution is 2.26. The molecule has 0 aliphatic carbocycles. The smallest absolute Gasteiger partial charge is 0.387 e. The molecule has 0 fully saturated rings. The Kier molecular flexibility index (Phi) is 5.80. The Morgan fingerprint density at radius 1 is 1.22 bits per heavy atom. The predicted molar refractivity (Wildman–Crippen MR) is 96.8 cm³/mol. The van der Waals surface area contributed by atoms with E-state index in [0.29, 0.717) is 5.16 Å². The van der Waals surface area contributed by atoms with Gasteiger partial charge in [0.15, 0.2) is 5.78 Å². The van der Waals surface area contributed by atoms with E-state index in [-0.39, 0.29) is 22.8 Å². The van der Waals surface area contributed by atoms with Crippen LogP contribution in [0.3, 0.4) is 0 Å². The number of aromatic nitrogens is 4. The summed E-state index contributed by atoms with van der Waals surface area (Å²) in [5.41, 5.74) is 2.66. The standard InChI is InChI=1S/C18H16F2N4O2S/c1-11-7-8-16(26-17(19)20)13(9-11)15(25)10-27-18-21-22-23-24(18)14-6-4-3-5-12(14)2/h3-9,17H,10H2,1-2H3. The molecule has 0 saturated heterocycles. The minimum Gasteiger partial charge on any atom is -0.434 e. The molecular formula is C18H16F2N4O2S. The SMILES string of the molecule is Cc1ccc(OC(F)F)c(C(=O)CSc2nnnn2-c2ccccc2C)c1. The molecule has 2 aromatic carbocycles. The first-order valence-corrected chi connectivity index (χ1v) is 9.00. The molecule has 0 spiro atoms. The number of tetrazole rings is 1. The summed E-state index contributed by atoms with van der Waals surface area (Å²) in [7, 11) is 0. The van der Waals surface area contributed by atoms with Crippen molar-refractivity contribution in [1.29, 1.82) is 0 Å². The summed E-state index contributed by atoms with van der Waals surface area (Å²) < 4.78 is 31.2. The van der Waals surface area contributed by atoms with E-state index in [2.05, 4.69) is 20.3 Å². The Labute approximate surface area is 158 Å². The number of Topliss-reactive ketones (excluding diaryl/α,β-unsaturated/α-hetero) is 1. The maximum Gasteiger partial charge on any atom is 0.387 e. The number of carbonyl (C=O) groups is 1. The average Bonchev–Trinajstić information content (AvgIpc) is 3.09. The van der Waals surface area contributed by atoms with E-state index in [9.17, 15) is 13.6 Å². The summed E-state index contributed by atoms with van der Waals surface area (Å²) in [4.78, 5) is 12.6. The second-order valence-electron chi connectivity index (χ2n) is 5.75. The maximum absolute atomic E-state index is 12.6. The molecule has 0 aliphatic heterocycles. The van der Waals surface area contributed by atoms with Gasteiger partial charge in [-0.1, -0.05) is 41.6 Å². The average molecular weight is 390 g/mol. The fourth-order valence-corrected chi connectivity index (χ4v) is 3.26. The molecule has 1 aromatic heterocycles. The number of carbonyl (C=O) groups excluding carboxylic acids is 1. The van der Waals surface area contributed by atoms with Crippen LogP contribution < -0.4 is 4.74 Å². The number of halogens is 2. The Morgan fingerprint density at radius 3 is 2.74 bits per heavy atom. The molecule has 27 heavy (non-hydrogen) atoms. The van der Waals surface area contributed by atoms with Gasteiger partial charge in [-0.3, -0.25) is 4.79 Å². The van der Waals surface area contributed by atoms with E-state index in [1.165, 1.54) is 12.1 Å². The first kappa shape index (κ1) is 19.0. The largest absolute Gasteiger partial charge is 0.434 e. The number of ether oxygens (including phenoxy) is 1. The zero-order chi connectivity index (χ0) is 19.4. The van der Waals surface area contributed by atoms with Gasteiger partial charge in [0.2, 0.25) is 5.16 Å². The van der Waals surface area contributed by atoms with Crippen LogP contribution in [0.1, 0.15) is 21.5 Å². The van der Waals surface area contributed by atoms with Crippen molar-refractivity contribution in [3.05, 3.63) is 59.2 Å². The van der Waals surface area contributed by atoms with Crippen LogP contribution in [0.15, 0.2) is 47.6 Å². The van der Waals surface area contributed by atoms with E-state index >= 15 is 0 Å². The summed E-state index contributed by atoms with van der Waals surface area (Å²) >= 11 is 1.13. The van der Waals surface area contributed by atoms with Gasteiger partial charge >= 0.3 is 6.61 Å². The Hall–Kier alpha value is -2.81. The van der Waals surface area contributed by atoms with E-state index in [1.807, 2.05) is 31.2 Å².